The number of aryl methyl sites for hydroxylation is 1. The van der Waals surface area contributed by atoms with Crippen LogP contribution >= 0.6 is 0 Å². The van der Waals surface area contributed by atoms with Crippen LogP contribution in [-0.4, -0.2) is 37.9 Å². The lowest BCUT2D eigenvalue weighted by molar-refractivity contribution is -0.0258. The minimum atomic E-state index is -3.73. The summed E-state index contributed by atoms with van der Waals surface area (Å²) in [5.41, 5.74) is 1.11. The van der Waals surface area contributed by atoms with Crippen molar-refractivity contribution in [3.63, 3.8) is 0 Å². The Morgan fingerprint density at radius 3 is 2.39 bits per heavy atom. The fourth-order valence-electron chi connectivity index (χ4n) is 1.83. The molecule has 0 aliphatic heterocycles. The topological polar surface area (TPSA) is 88.6 Å². The van der Waals surface area contributed by atoms with Crippen molar-refractivity contribution < 1.29 is 18.0 Å². The number of amides is 1. The smallest absolute Gasteiger partial charge is 0.264 e. The third kappa shape index (κ3) is 3.92. The average Bonchev–Trinajstić information content (AvgIpc) is 2.54. The van der Waals surface area contributed by atoms with Crippen LogP contribution in [0.3, 0.4) is 0 Å². The van der Waals surface area contributed by atoms with Crippen LogP contribution in [0.15, 0.2) is 47.4 Å². The Morgan fingerprint density at radius 1 is 1.17 bits per heavy atom. The van der Waals surface area contributed by atoms with Gasteiger partial charge in [-0.15, -0.1) is 0 Å². The maximum absolute atomic E-state index is 12.1. The largest absolute Gasteiger partial charge is 0.307 e. The first-order valence-electron chi connectivity index (χ1n) is 6.72. The molecule has 8 heteroatoms. The number of rotatable bonds is 5. The SMILES string of the molecule is CON(C)S(=O)(=O)c1ccc(C(=O)Nc2cccc(C)n2)cc1. The van der Waals surface area contributed by atoms with Crippen molar-refractivity contribution in [1.29, 1.82) is 0 Å². The highest BCUT2D eigenvalue weighted by Crippen LogP contribution is 2.16. The monoisotopic (exact) mass is 335 g/mol. The second-order valence-corrected chi connectivity index (χ2v) is 6.68. The van der Waals surface area contributed by atoms with Crippen molar-refractivity contribution in [3.05, 3.63) is 53.7 Å². The van der Waals surface area contributed by atoms with Crippen LogP contribution in [0.2, 0.25) is 0 Å². The maximum Gasteiger partial charge on any atom is 0.264 e. The van der Waals surface area contributed by atoms with Crippen LogP contribution in [0.1, 0.15) is 16.1 Å². The maximum atomic E-state index is 12.1. The molecule has 122 valence electrons. The van der Waals surface area contributed by atoms with Gasteiger partial charge < -0.3 is 5.32 Å². The molecule has 0 aliphatic carbocycles. The normalized spacial score (nSPS) is 11.5. The van der Waals surface area contributed by atoms with Gasteiger partial charge in [-0.1, -0.05) is 10.5 Å². The van der Waals surface area contributed by atoms with Gasteiger partial charge >= 0.3 is 0 Å². The quantitative estimate of drug-likeness (QED) is 0.842. The highest BCUT2D eigenvalue weighted by atomic mass is 32.2. The molecule has 0 saturated heterocycles. The fraction of sp³-hybridized carbons (Fsp3) is 0.200. The molecular weight excluding hydrogens is 318 g/mol. The van der Waals surface area contributed by atoms with Crippen LogP contribution in [0.5, 0.6) is 0 Å². The van der Waals surface area contributed by atoms with E-state index in [0.717, 1.165) is 10.2 Å². The number of hydrogen-bond donors (Lipinski definition) is 1. The summed E-state index contributed by atoms with van der Waals surface area (Å²) in [7, 11) is -1.18. The molecule has 23 heavy (non-hydrogen) atoms. The van der Waals surface area contributed by atoms with E-state index in [9.17, 15) is 13.2 Å². The van der Waals surface area contributed by atoms with Crippen molar-refractivity contribution in [2.45, 2.75) is 11.8 Å². The summed E-state index contributed by atoms with van der Waals surface area (Å²) in [6, 6.07) is 10.9. The van der Waals surface area contributed by atoms with E-state index in [2.05, 4.69) is 10.3 Å². The van der Waals surface area contributed by atoms with Crippen LogP contribution in [0.25, 0.3) is 0 Å². The first-order valence-corrected chi connectivity index (χ1v) is 8.16. The summed E-state index contributed by atoms with van der Waals surface area (Å²) in [4.78, 5) is 21.0. The van der Waals surface area contributed by atoms with Crippen molar-refractivity contribution in [3.8, 4) is 0 Å². The summed E-state index contributed by atoms with van der Waals surface area (Å²) < 4.78 is 24.9. The summed E-state index contributed by atoms with van der Waals surface area (Å²) in [5.74, 6) is 0.0676. The summed E-state index contributed by atoms with van der Waals surface area (Å²) in [5, 5.41) is 2.66. The Hall–Kier alpha value is -2.29. The predicted octanol–water partition coefficient (Wildman–Crippen LogP) is 1.82. The zero-order valence-corrected chi connectivity index (χ0v) is 13.8. The molecule has 2 rings (SSSR count). The molecule has 7 nitrogen and oxygen atoms in total. The highest BCUT2D eigenvalue weighted by molar-refractivity contribution is 7.89. The zero-order valence-electron chi connectivity index (χ0n) is 13.0. The number of nitrogens with one attached hydrogen (secondary N) is 1. The Labute approximate surface area is 134 Å². The number of sulfonamides is 1. The lowest BCUT2D eigenvalue weighted by Crippen LogP contribution is -2.25. The minimum Gasteiger partial charge on any atom is -0.307 e. The van der Waals surface area contributed by atoms with Gasteiger partial charge in [0.2, 0.25) is 0 Å². The van der Waals surface area contributed by atoms with E-state index in [-0.39, 0.29) is 10.8 Å². The number of hydroxylamine groups is 1. The molecule has 1 aromatic heterocycles. The number of aromatic nitrogens is 1. The van der Waals surface area contributed by atoms with E-state index in [4.69, 9.17) is 4.84 Å². The predicted molar refractivity (Wildman–Crippen MR) is 85.3 cm³/mol. The van der Waals surface area contributed by atoms with Crippen molar-refractivity contribution in [2.24, 2.45) is 0 Å². The molecule has 0 spiro atoms. The minimum absolute atomic E-state index is 0.0343. The van der Waals surface area contributed by atoms with E-state index in [1.54, 1.807) is 12.1 Å². The average molecular weight is 335 g/mol. The van der Waals surface area contributed by atoms with Crippen LogP contribution < -0.4 is 5.32 Å². The number of benzene rings is 1. The van der Waals surface area contributed by atoms with E-state index in [1.165, 1.54) is 38.4 Å². The second kappa shape index (κ2) is 6.86. The van der Waals surface area contributed by atoms with Gasteiger partial charge in [-0.25, -0.2) is 13.4 Å². The number of carbonyl (C=O) groups is 1. The molecule has 0 saturated carbocycles. The van der Waals surface area contributed by atoms with Gasteiger partial charge in [0, 0.05) is 18.3 Å². The van der Waals surface area contributed by atoms with E-state index < -0.39 is 10.0 Å². The van der Waals surface area contributed by atoms with Crippen molar-refractivity contribution in [2.75, 3.05) is 19.5 Å². The van der Waals surface area contributed by atoms with Crippen LogP contribution in [-0.2, 0) is 14.9 Å². The Morgan fingerprint density at radius 2 is 1.83 bits per heavy atom. The van der Waals surface area contributed by atoms with Gasteiger partial charge in [0.1, 0.15) is 5.82 Å². The van der Waals surface area contributed by atoms with E-state index >= 15 is 0 Å². The molecule has 1 aromatic carbocycles. The Bertz CT molecular complexity index is 804. The van der Waals surface area contributed by atoms with Crippen molar-refractivity contribution >= 4 is 21.7 Å². The van der Waals surface area contributed by atoms with Gasteiger partial charge in [0.15, 0.2) is 0 Å². The molecule has 0 atom stereocenters. The molecule has 2 aromatic rings. The lowest BCUT2D eigenvalue weighted by Gasteiger charge is -2.14. The van der Waals surface area contributed by atoms with Gasteiger partial charge in [0.05, 0.1) is 12.0 Å². The summed E-state index contributed by atoms with van der Waals surface area (Å²) in [6.07, 6.45) is 0. The Kier molecular flexibility index (Phi) is 5.09. The third-order valence-corrected chi connectivity index (χ3v) is 4.83. The number of anilines is 1. The molecule has 0 fully saturated rings. The molecule has 1 amide bonds. The number of hydrogen-bond acceptors (Lipinski definition) is 5. The van der Waals surface area contributed by atoms with E-state index in [1.807, 2.05) is 13.0 Å². The first-order chi connectivity index (χ1) is 10.8. The third-order valence-electron chi connectivity index (χ3n) is 3.14. The van der Waals surface area contributed by atoms with Gasteiger partial charge in [-0.3, -0.25) is 9.63 Å². The van der Waals surface area contributed by atoms with Crippen molar-refractivity contribution in [1.82, 2.24) is 9.45 Å². The summed E-state index contributed by atoms with van der Waals surface area (Å²) in [6.45, 7) is 1.82. The Balaban J connectivity index is 2.18. The molecular formula is C15H17N3O4S. The second-order valence-electron chi connectivity index (χ2n) is 4.74. The number of nitrogens with zero attached hydrogens (tertiary/aromatic N) is 2. The van der Waals surface area contributed by atoms with Gasteiger partial charge in [-0.05, 0) is 43.3 Å². The standard InChI is InChI=1S/C15H17N3O4S/c1-11-5-4-6-14(16-11)17-15(19)12-7-9-13(10-8-12)23(20,21)18(2)22-3/h4-10H,1-3H3,(H,16,17,19). The summed E-state index contributed by atoms with van der Waals surface area (Å²) >= 11 is 0. The fourth-order valence-corrected chi connectivity index (χ4v) is 2.80. The molecule has 1 heterocycles. The lowest BCUT2D eigenvalue weighted by atomic mass is 10.2. The molecule has 0 aliphatic rings. The molecule has 1 N–H and O–H groups in total. The molecule has 0 bridgehead atoms. The molecule has 0 unspecified atom stereocenters. The number of carbonyl (C=O) groups excluding carboxylic acids is 1. The highest BCUT2D eigenvalue weighted by Gasteiger charge is 2.21. The van der Waals surface area contributed by atoms with Crippen LogP contribution in [0, 0.1) is 6.92 Å². The number of pyridine rings is 1. The van der Waals surface area contributed by atoms with Crippen LogP contribution in [0.4, 0.5) is 5.82 Å². The van der Waals surface area contributed by atoms with Gasteiger partial charge in [-0.2, -0.15) is 0 Å². The zero-order chi connectivity index (χ0) is 17.0. The van der Waals surface area contributed by atoms with E-state index in [0.29, 0.717) is 11.4 Å². The first kappa shape index (κ1) is 17.1. The van der Waals surface area contributed by atoms with Gasteiger partial charge in [0.25, 0.3) is 15.9 Å². The molecule has 0 radical (unpaired) electrons.